The SMILES string of the molecule is COC1CCCC2C(=O)CC(C)NC12. The average Bonchev–Trinajstić information content (AvgIpc) is 2.17. The normalized spacial score (nSPS) is 43.4. The van der Waals surface area contributed by atoms with Gasteiger partial charge in [-0.2, -0.15) is 0 Å². The van der Waals surface area contributed by atoms with Gasteiger partial charge in [0.05, 0.1) is 6.10 Å². The Morgan fingerprint density at radius 3 is 2.93 bits per heavy atom. The third kappa shape index (κ3) is 1.71. The minimum absolute atomic E-state index is 0.213. The Morgan fingerprint density at radius 2 is 2.21 bits per heavy atom. The highest BCUT2D eigenvalue weighted by Crippen LogP contribution is 2.31. The first-order chi connectivity index (χ1) is 6.72. The van der Waals surface area contributed by atoms with Gasteiger partial charge in [-0.1, -0.05) is 6.42 Å². The number of rotatable bonds is 1. The molecule has 1 heterocycles. The maximum atomic E-state index is 11.8. The molecule has 1 saturated carbocycles. The van der Waals surface area contributed by atoms with E-state index in [9.17, 15) is 4.79 Å². The van der Waals surface area contributed by atoms with Crippen molar-refractivity contribution < 1.29 is 9.53 Å². The summed E-state index contributed by atoms with van der Waals surface area (Å²) in [6.45, 7) is 2.08. The van der Waals surface area contributed by atoms with E-state index in [1.54, 1.807) is 7.11 Å². The van der Waals surface area contributed by atoms with Crippen molar-refractivity contribution in [3.63, 3.8) is 0 Å². The number of hydrogen-bond donors (Lipinski definition) is 1. The van der Waals surface area contributed by atoms with Crippen LogP contribution in [0.5, 0.6) is 0 Å². The molecule has 2 rings (SSSR count). The zero-order chi connectivity index (χ0) is 10.1. The highest BCUT2D eigenvalue weighted by atomic mass is 16.5. The van der Waals surface area contributed by atoms with Gasteiger partial charge in [-0.25, -0.2) is 0 Å². The number of methoxy groups -OCH3 is 1. The Labute approximate surface area is 85.2 Å². The van der Waals surface area contributed by atoms with Crippen molar-refractivity contribution in [2.45, 2.75) is 50.8 Å². The predicted molar refractivity (Wildman–Crippen MR) is 54.1 cm³/mol. The molecule has 0 spiro atoms. The van der Waals surface area contributed by atoms with Gasteiger partial charge in [0.25, 0.3) is 0 Å². The molecule has 1 aliphatic carbocycles. The third-order valence-corrected chi connectivity index (χ3v) is 3.54. The monoisotopic (exact) mass is 197 g/mol. The smallest absolute Gasteiger partial charge is 0.139 e. The molecule has 4 atom stereocenters. The van der Waals surface area contributed by atoms with Crippen LogP contribution in [0.2, 0.25) is 0 Å². The minimum Gasteiger partial charge on any atom is -0.380 e. The van der Waals surface area contributed by atoms with Gasteiger partial charge in [0.1, 0.15) is 5.78 Å². The second-order valence-electron chi connectivity index (χ2n) is 4.58. The maximum Gasteiger partial charge on any atom is 0.139 e. The van der Waals surface area contributed by atoms with Crippen molar-refractivity contribution in [1.29, 1.82) is 0 Å². The first-order valence-electron chi connectivity index (χ1n) is 5.54. The molecule has 0 bridgehead atoms. The van der Waals surface area contributed by atoms with Crippen LogP contribution < -0.4 is 5.32 Å². The number of ketones is 1. The van der Waals surface area contributed by atoms with E-state index in [1.165, 1.54) is 0 Å². The number of carbonyl (C=O) groups excluding carboxylic acids is 1. The number of piperidine rings is 1. The number of fused-ring (bicyclic) bond motifs is 1. The summed E-state index contributed by atoms with van der Waals surface area (Å²) in [6.07, 6.45) is 4.19. The number of hydrogen-bond acceptors (Lipinski definition) is 3. The van der Waals surface area contributed by atoms with Crippen LogP contribution in [0.25, 0.3) is 0 Å². The molecule has 2 fully saturated rings. The average molecular weight is 197 g/mol. The number of Topliss-reactive ketones (excluding diaryl/α,β-unsaturated/α-hetero) is 1. The third-order valence-electron chi connectivity index (χ3n) is 3.54. The zero-order valence-corrected chi connectivity index (χ0v) is 8.95. The lowest BCUT2D eigenvalue weighted by molar-refractivity contribution is -0.130. The molecule has 0 aromatic carbocycles. The topological polar surface area (TPSA) is 38.3 Å². The lowest BCUT2D eigenvalue weighted by atomic mass is 9.75. The van der Waals surface area contributed by atoms with Crippen LogP contribution in [0.3, 0.4) is 0 Å². The molecular formula is C11H19NO2. The van der Waals surface area contributed by atoms with Gasteiger partial charge >= 0.3 is 0 Å². The van der Waals surface area contributed by atoms with E-state index in [0.717, 1.165) is 19.3 Å². The van der Waals surface area contributed by atoms with Crippen LogP contribution in [0, 0.1) is 5.92 Å². The Morgan fingerprint density at radius 1 is 1.43 bits per heavy atom. The number of carbonyl (C=O) groups is 1. The summed E-state index contributed by atoms with van der Waals surface area (Å²) >= 11 is 0. The zero-order valence-electron chi connectivity index (χ0n) is 8.95. The summed E-state index contributed by atoms with van der Waals surface area (Å²) in [5.74, 6) is 0.646. The largest absolute Gasteiger partial charge is 0.380 e. The first-order valence-corrected chi connectivity index (χ1v) is 5.54. The van der Waals surface area contributed by atoms with E-state index < -0.39 is 0 Å². The van der Waals surface area contributed by atoms with E-state index >= 15 is 0 Å². The lowest BCUT2D eigenvalue weighted by Crippen LogP contribution is -2.58. The van der Waals surface area contributed by atoms with Crippen molar-refractivity contribution in [3.8, 4) is 0 Å². The minimum atomic E-state index is 0.213. The molecule has 0 aromatic heterocycles. The van der Waals surface area contributed by atoms with Crippen LogP contribution in [0.15, 0.2) is 0 Å². The summed E-state index contributed by atoms with van der Waals surface area (Å²) < 4.78 is 5.44. The lowest BCUT2D eigenvalue weighted by Gasteiger charge is -2.42. The van der Waals surface area contributed by atoms with Crippen LogP contribution >= 0.6 is 0 Å². The van der Waals surface area contributed by atoms with Crippen molar-refractivity contribution in [1.82, 2.24) is 5.32 Å². The highest BCUT2D eigenvalue weighted by Gasteiger charge is 2.41. The van der Waals surface area contributed by atoms with Crippen LogP contribution in [-0.4, -0.2) is 31.1 Å². The fraction of sp³-hybridized carbons (Fsp3) is 0.909. The van der Waals surface area contributed by atoms with Gasteiger partial charge in [0, 0.05) is 31.5 Å². The van der Waals surface area contributed by atoms with Gasteiger partial charge in [-0.05, 0) is 19.8 Å². The Hall–Kier alpha value is -0.410. The molecule has 3 heteroatoms. The summed E-state index contributed by atoms with van der Waals surface area (Å²) in [5, 5.41) is 3.50. The summed E-state index contributed by atoms with van der Waals surface area (Å²) in [5.41, 5.74) is 0. The molecule has 1 N–H and O–H groups in total. The van der Waals surface area contributed by atoms with Gasteiger partial charge in [0.2, 0.25) is 0 Å². The second kappa shape index (κ2) is 3.99. The quantitative estimate of drug-likeness (QED) is 0.684. The predicted octanol–water partition coefficient (Wildman–Crippen LogP) is 1.12. The molecule has 0 aromatic rings. The Bertz CT molecular complexity index is 229. The highest BCUT2D eigenvalue weighted by molar-refractivity contribution is 5.83. The molecular weight excluding hydrogens is 178 g/mol. The van der Waals surface area contributed by atoms with Gasteiger partial charge in [0.15, 0.2) is 0 Å². The van der Waals surface area contributed by atoms with Crippen molar-refractivity contribution in [3.05, 3.63) is 0 Å². The second-order valence-corrected chi connectivity index (χ2v) is 4.58. The fourth-order valence-corrected chi connectivity index (χ4v) is 2.85. The van der Waals surface area contributed by atoms with E-state index in [2.05, 4.69) is 12.2 Å². The number of ether oxygens (including phenoxy) is 1. The molecule has 4 unspecified atom stereocenters. The maximum absolute atomic E-state index is 11.8. The van der Waals surface area contributed by atoms with Crippen LogP contribution in [0.1, 0.15) is 32.6 Å². The van der Waals surface area contributed by atoms with Crippen molar-refractivity contribution >= 4 is 5.78 Å². The molecule has 3 nitrogen and oxygen atoms in total. The van der Waals surface area contributed by atoms with Gasteiger partial charge < -0.3 is 10.1 Å². The molecule has 1 saturated heterocycles. The molecule has 80 valence electrons. The van der Waals surface area contributed by atoms with Gasteiger partial charge in [-0.3, -0.25) is 4.79 Å². The molecule has 14 heavy (non-hydrogen) atoms. The first kappa shape index (κ1) is 10.1. The van der Waals surface area contributed by atoms with E-state index in [1.807, 2.05) is 0 Å². The standard InChI is InChI=1S/C11H19NO2/c1-7-6-9(13)8-4-3-5-10(14-2)11(8)12-7/h7-8,10-12H,3-6H2,1-2H3. The van der Waals surface area contributed by atoms with Crippen molar-refractivity contribution in [2.75, 3.05) is 7.11 Å². The Balaban J connectivity index is 2.12. The number of nitrogens with one attached hydrogen (secondary N) is 1. The van der Waals surface area contributed by atoms with Crippen LogP contribution in [0.4, 0.5) is 0 Å². The summed E-state index contributed by atoms with van der Waals surface area (Å²) in [7, 11) is 1.75. The van der Waals surface area contributed by atoms with E-state index in [-0.39, 0.29) is 18.1 Å². The molecule has 1 aliphatic heterocycles. The van der Waals surface area contributed by atoms with Crippen molar-refractivity contribution in [2.24, 2.45) is 5.92 Å². The molecule has 0 amide bonds. The van der Waals surface area contributed by atoms with Crippen LogP contribution in [-0.2, 0) is 9.53 Å². The van der Waals surface area contributed by atoms with E-state index in [0.29, 0.717) is 18.2 Å². The molecule has 2 aliphatic rings. The Kier molecular flexibility index (Phi) is 2.88. The van der Waals surface area contributed by atoms with Gasteiger partial charge in [-0.15, -0.1) is 0 Å². The fourth-order valence-electron chi connectivity index (χ4n) is 2.85. The van der Waals surface area contributed by atoms with E-state index in [4.69, 9.17) is 4.74 Å². The molecule has 0 radical (unpaired) electrons. The summed E-state index contributed by atoms with van der Waals surface area (Å²) in [4.78, 5) is 11.8. The summed E-state index contributed by atoms with van der Waals surface area (Å²) in [6, 6.07) is 0.587.